The maximum atomic E-state index is 12.0. The first-order chi connectivity index (χ1) is 13.5. The molecule has 2 aromatic rings. The van der Waals surface area contributed by atoms with Gasteiger partial charge in [-0.1, -0.05) is 17.7 Å². The Morgan fingerprint density at radius 1 is 0.929 bits per heavy atom. The van der Waals surface area contributed by atoms with Crippen molar-refractivity contribution in [3.05, 3.63) is 47.5 Å². The van der Waals surface area contributed by atoms with Gasteiger partial charge in [0.2, 0.25) is 5.75 Å². The average Bonchev–Trinajstić information content (AvgIpc) is 2.71. The molecule has 0 radical (unpaired) electrons. The molecule has 28 heavy (non-hydrogen) atoms. The highest BCUT2D eigenvalue weighted by Crippen LogP contribution is 2.38. The summed E-state index contributed by atoms with van der Waals surface area (Å²) in [5, 5.41) is 2.68. The van der Waals surface area contributed by atoms with Gasteiger partial charge < -0.3 is 24.3 Å². The van der Waals surface area contributed by atoms with Gasteiger partial charge in [0, 0.05) is 12.1 Å². The molecule has 0 aliphatic heterocycles. The van der Waals surface area contributed by atoms with E-state index >= 15 is 0 Å². The average molecular weight is 387 g/mol. The molecule has 1 amide bonds. The minimum Gasteiger partial charge on any atom is -0.493 e. The van der Waals surface area contributed by atoms with E-state index in [1.807, 2.05) is 19.1 Å². The Kier molecular flexibility index (Phi) is 7.68. The summed E-state index contributed by atoms with van der Waals surface area (Å²) in [5.41, 5.74) is 2.58. The normalized spacial score (nSPS) is 10.1. The fraction of sp³-hybridized carbons (Fsp3) is 0.333. The van der Waals surface area contributed by atoms with Gasteiger partial charge in [0.1, 0.15) is 0 Å². The quantitative estimate of drug-likeness (QED) is 0.666. The molecule has 0 bridgehead atoms. The van der Waals surface area contributed by atoms with E-state index in [1.165, 1.54) is 21.3 Å². The van der Waals surface area contributed by atoms with E-state index in [0.29, 0.717) is 29.4 Å². The van der Waals surface area contributed by atoms with Crippen molar-refractivity contribution in [2.45, 2.75) is 19.8 Å². The predicted octanol–water partition coefficient (Wildman–Crippen LogP) is 3.14. The minimum atomic E-state index is -0.465. The highest BCUT2D eigenvalue weighted by atomic mass is 16.5. The number of aryl methyl sites for hydroxylation is 2. The summed E-state index contributed by atoms with van der Waals surface area (Å²) < 4.78 is 20.9. The summed E-state index contributed by atoms with van der Waals surface area (Å²) >= 11 is 0. The van der Waals surface area contributed by atoms with Crippen LogP contribution in [0, 0.1) is 6.92 Å². The Balaban J connectivity index is 1.85. The summed E-state index contributed by atoms with van der Waals surface area (Å²) in [6, 6.07) is 10.9. The van der Waals surface area contributed by atoms with Crippen molar-refractivity contribution in [2.75, 3.05) is 33.3 Å². The monoisotopic (exact) mass is 387 g/mol. The zero-order chi connectivity index (χ0) is 20.5. The number of hydrogen-bond acceptors (Lipinski definition) is 6. The summed E-state index contributed by atoms with van der Waals surface area (Å²) in [5.74, 6) is 0.673. The van der Waals surface area contributed by atoms with Gasteiger partial charge >= 0.3 is 5.97 Å². The molecular weight excluding hydrogens is 362 g/mol. The number of esters is 1. The third kappa shape index (κ3) is 5.90. The molecule has 7 nitrogen and oxygen atoms in total. The van der Waals surface area contributed by atoms with Crippen LogP contribution in [-0.2, 0) is 20.7 Å². The minimum absolute atomic E-state index is 0.121. The van der Waals surface area contributed by atoms with Crippen molar-refractivity contribution in [3.8, 4) is 17.2 Å². The lowest BCUT2D eigenvalue weighted by Crippen LogP contribution is -2.21. The van der Waals surface area contributed by atoms with Crippen LogP contribution in [0.5, 0.6) is 17.2 Å². The SMILES string of the molecule is COc1cc(CCC(=O)OCC(=O)Nc2ccc(C)cc2)cc(OC)c1OC. The van der Waals surface area contributed by atoms with Crippen molar-refractivity contribution in [1.29, 1.82) is 0 Å². The third-order valence-corrected chi connectivity index (χ3v) is 4.04. The largest absolute Gasteiger partial charge is 0.493 e. The van der Waals surface area contributed by atoms with Crippen LogP contribution < -0.4 is 19.5 Å². The molecule has 2 aromatic carbocycles. The number of benzene rings is 2. The van der Waals surface area contributed by atoms with E-state index in [0.717, 1.165) is 11.1 Å². The predicted molar refractivity (Wildman–Crippen MR) is 105 cm³/mol. The standard InChI is InChI=1S/C21H25NO6/c1-14-5-8-16(9-6-14)22-19(23)13-28-20(24)10-7-15-11-17(25-2)21(27-4)18(12-15)26-3/h5-6,8-9,11-12H,7,10,13H2,1-4H3,(H,22,23). The lowest BCUT2D eigenvalue weighted by molar-refractivity contribution is -0.147. The number of rotatable bonds is 9. The first-order valence-corrected chi connectivity index (χ1v) is 8.77. The third-order valence-electron chi connectivity index (χ3n) is 4.04. The fourth-order valence-electron chi connectivity index (χ4n) is 2.58. The number of amides is 1. The van der Waals surface area contributed by atoms with Crippen molar-refractivity contribution in [2.24, 2.45) is 0 Å². The van der Waals surface area contributed by atoms with Crippen LogP contribution in [0.3, 0.4) is 0 Å². The molecule has 7 heteroatoms. The molecule has 0 aliphatic rings. The van der Waals surface area contributed by atoms with Crippen molar-refractivity contribution >= 4 is 17.6 Å². The Morgan fingerprint density at radius 3 is 2.07 bits per heavy atom. The summed E-state index contributed by atoms with van der Waals surface area (Å²) in [7, 11) is 4.59. The second-order valence-corrected chi connectivity index (χ2v) is 6.11. The van der Waals surface area contributed by atoms with E-state index in [1.54, 1.807) is 24.3 Å². The van der Waals surface area contributed by atoms with Crippen LogP contribution in [0.1, 0.15) is 17.5 Å². The Labute approximate surface area is 164 Å². The maximum Gasteiger partial charge on any atom is 0.306 e. The Morgan fingerprint density at radius 2 is 1.54 bits per heavy atom. The number of ether oxygens (including phenoxy) is 4. The molecule has 0 aliphatic carbocycles. The lowest BCUT2D eigenvalue weighted by atomic mass is 10.1. The molecular formula is C21H25NO6. The van der Waals surface area contributed by atoms with Crippen LogP contribution in [0.25, 0.3) is 0 Å². The summed E-state index contributed by atoms with van der Waals surface area (Å²) in [4.78, 5) is 23.8. The van der Waals surface area contributed by atoms with Crippen LogP contribution >= 0.6 is 0 Å². The first kappa shape index (κ1) is 21.1. The Hall–Kier alpha value is -3.22. The van der Waals surface area contributed by atoms with E-state index in [9.17, 15) is 9.59 Å². The molecule has 2 rings (SSSR count). The smallest absolute Gasteiger partial charge is 0.306 e. The van der Waals surface area contributed by atoms with E-state index in [4.69, 9.17) is 18.9 Å². The van der Waals surface area contributed by atoms with Crippen molar-refractivity contribution in [3.63, 3.8) is 0 Å². The summed E-state index contributed by atoms with van der Waals surface area (Å²) in [6.45, 7) is 1.63. The number of hydrogen-bond donors (Lipinski definition) is 1. The lowest BCUT2D eigenvalue weighted by Gasteiger charge is -2.14. The molecule has 0 saturated heterocycles. The molecule has 150 valence electrons. The number of methoxy groups -OCH3 is 3. The van der Waals surface area contributed by atoms with Crippen LogP contribution in [0.4, 0.5) is 5.69 Å². The summed E-state index contributed by atoms with van der Waals surface area (Å²) in [6.07, 6.45) is 0.533. The zero-order valence-electron chi connectivity index (χ0n) is 16.5. The number of carbonyl (C=O) groups excluding carboxylic acids is 2. The highest BCUT2D eigenvalue weighted by molar-refractivity contribution is 5.92. The van der Waals surface area contributed by atoms with Gasteiger partial charge in [-0.05, 0) is 43.2 Å². The molecule has 0 heterocycles. The van der Waals surface area contributed by atoms with Gasteiger partial charge in [0.05, 0.1) is 21.3 Å². The van der Waals surface area contributed by atoms with Gasteiger partial charge in [-0.2, -0.15) is 0 Å². The van der Waals surface area contributed by atoms with Crippen molar-refractivity contribution < 1.29 is 28.5 Å². The number of nitrogens with one attached hydrogen (secondary N) is 1. The van der Waals surface area contributed by atoms with E-state index < -0.39 is 5.97 Å². The molecule has 0 spiro atoms. The molecule has 0 unspecified atom stereocenters. The molecule has 0 aromatic heterocycles. The molecule has 1 N–H and O–H groups in total. The van der Waals surface area contributed by atoms with Gasteiger partial charge in [-0.15, -0.1) is 0 Å². The second-order valence-electron chi connectivity index (χ2n) is 6.11. The number of anilines is 1. The van der Waals surface area contributed by atoms with E-state index in [2.05, 4.69) is 5.32 Å². The molecule has 0 saturated carbocycles. The number of carbonyl (C=O) groups is 2. The fourth-order valence-corrected chi connectivity index (χ4v) is 2.58. The van der Waals surface area contributed by atoms with Gasteiger partial charge in [-0.25, -0.2) is 0 Å². The van der Waals surface area contributed by atoms with Gasteiger partial charge in [0.15, 0.2) is 18.1 Å². The van der Waals surface area contributed by atoms with Crippen LogP contribution in [0.2, 0.25) is 0 Å². The van der Waals surface area contributed by atoms with Crippen molar-refractivity contribution in [1.82, 2.24) is 0 Å². The van der Waals surface area contributed by atoms with E-state index in [-0.39, 0.29) is 18.9 Å². The highest BCUT2D eigenvalue weighted by Gasteiger charge is 2.14. The van der Waals surface area contributed by atoms with Crippen LogP contribution in [0.15, 0.2) is 36.4 Å². The molecule has 0 fully saturated rings. The first-order valence-electron chi connectivity index (χ1n) is 8.77. The zero-order valence-corrected chi connectivity index (χ0v) is 16.5. The van der Waals surface area contributed by atoms with Gasteiger partial charge in [0.25, 0.3) is 5.91 Å². The maximum absolute atomic E-state index is 12.0. The second kappa shape index (κ2) is 10.2. The topological polar surface area (TPSA) is 83.1 Å². The van der Waals surface area contributed by atoms with Crippen LogP contribution in [-0.4, -0.2) is 39.8 Å². The Bertz CT molecular complexity index is 791. The van der Waals surface area contributed by atoms with Gasteiger partial charge in [-0.3, -0.25) is 9.59 Å². The molecule has 0 atom stereocenters.